The molecule has 0 heterocycles. The van der Waals surface area contributed by atoms with Gasteiger partial charge in [-0.25, -0.2) is 0 Å². The molecule has 100 valence electrons. The van der Waals surface area contributed by atoms with Crippen LogP contribution >= 0.6 is 0 Å². The summed E-state index contributed by atoms with van der Waals surface area (Å²) in [4.78, 5) is 11.9. The fourth-order valence-corrected chi connectivity index (χ4v) is 2.49. The second-order valence-electron chi connectivity index (χ2n) is 5.57. The van der Waals surface area contributed by atoms with Crippen molar-refractivity contribution in [2.24, 2.45) is 11.7 Å². The molecule has 1 rings (SSSR count). The summed E-state index contributed by atoms with van der Waals surface area (Å²) < 4.78 is 0. The standard InChI is InChI=1S/C14H28N2O/c1-3-4-8-13(15)14(17)16-12-7-5-6-11(2)9-10-12/h11-13H,3-10,15H2,1-2H3,(H,16,17)/t11?,12?,13-/m0/s1. The van der Waals surface area contributed by atoms with E-state index in [1.165, 1.54) is 19.3 Å². The van der Waals surface area contributed by atoms with Gasteiger partial charge in [0.05, 0.1) is 6.04 Å². The van der Waals surface area contributed by atoms with Crippen molar-refractivity contribution in [3.8, 4) is 0 Å². The molecule has 0 saturated heterocycles. The zero-order valence-corrected chi connectivity index (χ0v) is 11.4. The van der Waals surface area contributed by atoms with Crippen molar-refractivity contribution in [1.82, 2.24) is 5.32 Å². The molecule has 0 aliphatic heterocycles. The van der Waals surface area contributed by atoms with Gasteiger partial charge in [-0.3, -0.25) is 4.79 Å². The number of hydrogen-bond acceptors (Lipinski definition) is 2. The first-order chi connectivity index (χ1) is 8.13. The van der Waals surface area contributed by atoms with Gasteiger partial charge in [-0.05, 0) is 31.6 Å². The summed E-state index contributed by atoms with van der Waals surface area (Å²) in [5.41, 5.74) is 5.87. The predicted molar refractivity (Wildman–Crippen MR) is 71.7 cm³/mol. The van der Waals surface area contributed by atoms with E-state index in [0.717, 1.165) is 38.0 Å². The Morgan fingerprint density at radius 1 is 1.35 bits per heavy atom. The van der Waals surface area contributed by atoms with Gasteiger partial charge in [0.15, 0.2) is 0 Å². The third-order valence-corrected chi connectivity index (χ3v) is 3.81. The summed E-state index contributed by atoms with van der Waals surface area (Å²) in [5.74, 6) is 0.865. The van der Waals surface area contributed by atoms with Crippen LogP contribution in [-0.4, -0.2) is 18.0 Å². The summed E-state index contributed by atoms with van der Waals surface area (Å²) in [7, 11) is 0. The van der Waals surface area contributed by atoms with Crippen LogP contribution in [0.2, 0.25) is 0 Å². The lowest BCUT2D eigenvalue weighted by molar-refractivity contribution is -0.123. The van der Waals surface area contributed by atoms with Crippen molar-refractivity contribution in [1.29, 1.82) is 0 Å². The normalized spacial score (nSPS) is 27.2. The SMILES string of the molecule is CCCC[C@H](N)C(=O)NC1CCCC(C)CC1. The van der Waals surface area contributed by atoms with Crippen LogP contribution in [-0.2, 0) is 4.79 Å². The Bertz CT molecular complexity index is 230. The number of carbonyl (C=O) groups is 1. The average Bonchev–Trinajstić information content (AvgIpc) is 2.51. The van der Waals surface area contributed by atoms with Crippen LogP contribution in [0.4, 0.5) is 0 Å². The largest absolute Gasteiger partial charge is 0.352 e. The molecule has 17 heavy (non-hydrogen) atoms. The van der Waals surface area contributed by atoms with E-state index in [2.05, 4.69) is 19.2 Å². The molecular formula is C14H28N2O. The Morgan fingerprint density at radius 2 is 2.12 bits per heavy atom. The molecule has 3 atom stereocenters. The van der Waals surface area contributed by atoms with E-state index in [1.54, 1.807) is 0 Å². The highest BCUT2D eigenvalue weighted by molar-refractivity contribution is 5.81. The highest BCUT2D eigenvalue weighted by atomic mass is 16.2. The highest BCUT2D eigenvalue weighted by Gasteiger charge is 2.20. The van der Waals surface area contributed by atoms with Gasteiger partial charge in [0.1, 0.15) is 0 Å². The Hall–Kier alpha value is -0.570. The van der Waals surface area contributed by atoms with Crippen LogP contribution in [0, 0.1) is 5.92 Å². The van der Waals surface area contributed by atoms with Crippen molar-refractivity contribution >= 4 is 5.91 Å². The molecular weight excluding hydrogens is 212 g/mol. The summed E-state index contributed by atoms with van der Waals surface area (Å²) in [6.45, 7) is 4.43. The fraction of sp³-hybridized carbons (Fsp3) is 0.929. The molecule has 1 saturated carbocycles. The molecule has 0 bridgehead atoms. The van der Waals surface area contributed by atoms with Crippen LogP contribution in [0.25, 0.3) is 0 Å². The van der Waals surface area contributed by atoms with Gasteiger partial charge in [-0.15, -0.1) is 0 Å². The maximum atomic E-state index is 11.9. The van der Waals surface area contributed by atoms with E-state index >= 15 is 0 Å². The van der Waals surface area contributed by atoms with Crippen LogP contribution in [0.15, 0.2) is 0 Å². The van der Waals surface area contributed by atoms with E-state index in [0.29, 0.717) is 6.04 Å². The van der Waals surface area contributed by atoms with Crippen LogP contribution < -0.4 is 11.1 Å². The highest BCUT2D eigenvalue weighted by Crippen LogP contribution is 2.22. The third-order valence-electron chi connectivity index (χ3n) is 3.81. The number of rotatable bonds is 5. The number of nitrogens with two attached hydrogens (primary N) is 1. The lowest BCUT2D eigenvalue weighted by Gasteiger charge is -2.19. The van der Waals surface area contributed by atoms with Crippen molar-refractivity contribution in [3.05, 3.63) is 0 Å². The molecule has 3 nitrogen and oxygen atoms in total. The van der Waals surface area contributed by atoms with E-state index in [-0.39, 0.29) is 11.9 Å². The van der Waals surface area contributed by atoms with Gasteiger partial charge in [0.2, 0.25) is 5.91 Å². The maximum absolute atomic E-state index is 11.9. The summed E-state index contributed by atoms with van der Waals surface area (Å²) in [6, 6.07) is 0.0516. The Kier molecular flexibility index (Phi) is 6.56. The first kappa shape index (κ1) is 14.5. The Morgan fingerprint density at radius 3 is 2.82 bits per heavy atom. The second kappa shape index (κ2) is 7.70. The minimum atomic E-state index is -0.310. The van der Waals surface area contributed by atoms with Gasteiger partial charge in [0, 0.05) is 6.04 Å². The minimum absolute atomic E-state index is 0.0537. The van der Waals surface area contributed by atoms with Crippen molar-refractivity contribution < 1.29 is 4.79 Å². The van der Waals surface area contributed by atoms with Crippen LogP contribution in [0.5, 0.6) is 0 Å². The molecule has 1 aliphatic carbocycles. The zero-order valence-electron chi connectivity index (χ0n) is 11.4. The molecule has 0 aromatic rings. The van der Waals surface area contributed by atoms with E-state index < -0.39 is 0 Å². The third kappa shape index (κ3) is 5.53. The molecule has 2 unspecified atom stereocenters. The molecule has 0 spiro atoms. The molecule has 3 heteroatoms. The van der Waals surface area contributed by atoms with Gasteiger partial charge in [-0.1, -0.05) is 39.5 Å². The van der Waals surface area contributed by atoms with Crippen molar-refractivity contribution in [2.45, 2.75) is 77.3 Å². The maximum Gasteiger partial charge on any atom is 0.237 e. The molecule has 1 fully saturated rings. The molecule has 0 aromatic carbocycles. The number of nitrogens with one attached hydrogen (secondary N) is 1. The predicted octanol–water partition coefficient (Wildman–Crippen LogP) is 2.59. The van der Waals surface area contributed by atoms with Gasteiger partial charge >= 0.3 is 0 Å². The minimum Gasteiger partial charge on any atom is -0.352 e. The second-order valence-corrected chi connectivity index (χ2v) is 5.57. The summed E-state index contributed by atoms with van der Waals surface area (Å²) >= 11 is 0. The van der Waals surface area contributed by atoms with E-state index in [1.807, 2.05) is 0 Å². The van der Waals surface area contributed by atoms with E-state index in [4.69, 9.17) is 5.73 Å². The monoisotopic (exact) mass is 240 g/mol. The quantitative estimate of drug-likeness (QED) is 0.726. The van der Waals surface area contributed by atoms with Crippen molar-refractivity contribution in [3.63, 3.8) is 0 Å². The molecule has 0 aromatic heterocycles. The van der Waals surface area contributed by atoms with Gasteiger partial charge in [-0.2, -0.15) is 0 Å². The van der Waals surface area contributed by atoms with Gasteiger partial charge < -0.3 is 11.1 Å². The molecule has 1 aliphatic rings. The van der Waals surface area contributed by atoms with Crippen LogP contribution in [0.1, 0.15) is 65.2 Å². The lowest BCUT2D eigenvalue weighted by Crippen LogP contribution is -2.45. The molecule has 3 N–H and O–H groups in total. The van der Waals surface area contributed by atoms with Crippen LogP contribution in [0.3, 0.4) is 0 Å². The topological polar surface area (TPSA) is 55.1 Å². The number of amides is 1. The smallest absolute Gasteiger partial charge is 0.237 e. The number of hydrogen-bond donors (Lipinski definition) is 2. The fourth-order valence-electron chi connectivity index (χ4n) is 2.49. The zero-order chi connectivity index (χ0) is 12.7. The summed E-state index contributed by atoms with van der Waals surface area (Å²) in [6.07, 6.45) is 8.95. The number of carbonyl (C=O) groups excluding carboxylic acids is 1. The first-order valence-electron chi connectivity index (χ1n) is 7.19. The van der Waals surface area contributed by atoms with Gasteiger partial charge in [0.25, 0.3) is 0 Å². The molecule has 1 amide bonds. The first-order valence-corrected chi connectivity index (χ1v) is 7.19. The lowest BCUT2D eigenvalue weighted by atomic mass is 10.0. The molecule has 0 radical (unpaired) electrons. The van der Waals surface area contributed by atoms with E-state index in [9.17, 15) is 4.79 Å². The Labute approximate surface area is 106 Å². The van der Waals surface area contributed by atoms with Crippen molar-refractivity contribution in [2.75, 3.05) is 0 Å². The number of unbranched alkanes of at least 4 members (excludes halogenated alkanes) is 1. The summed E-state index contributed by atoms with van der Waals surface area (Å²) in [5, 5.41) is 3.12. The Balaban J connectivity index is 2.29. The average molecular weight is 240 g/mol.